The van der Waals surface area contributed by atoms with Crippen LogP contribution >= 0.6 is 0 Å². The summed E-state index contributed by atoms with van der Waals surface area (Å²) in [7, 11) is 0. The summed E-state index contributed by atoms with van der Waals surface area (Å²) in [5, 5.41) is 0. The largest absolute Gasteiger partial charge is 1.00 e. The molecule has 0 unspecified atom stereocenters. The third-order valence-electron chi connectivity index (χ3n) is 2.24. The number of hydrogen-bond acceptors (Lipinski definition) is 2. The summed E-state index contributed by atoms with van der Waals surface area (Å²) < 4.78 is 11.5. The normalized spacial score (nSPS) is 12.1. The second kappa shape index (κ2) is 7.50. The van der Waals surface area contributed by atoms with Crippen molar-refractivity contribution in [2.45, 2.75) is 66.0 Å². The van der Waals surface area contributed by atoms with Crippen LogP contribution in [0.4, 0.5) is 0 Å². The number of hydrogen-bond donors (Lipinski definition) is 0. The zero-order valence-electron chi connectivity index (χ0n) is 13.5. The molecule has 0 aliphatic carbocycles. The van der Waals surface area contributed by atoms with Gasteiger partial charge in [-0.3, -0.25) is 0 Å². The van der Waals surface area contributed by atoms with E-state index < -0.39 is 0 Å². The van der Waals surface area contributed by atoms with Crippen molar-refractivity contribution in [2.75, 3.05) is 0 Å². The fraction of sp³-hybridized carbons (Fsp3) is 0.625. The van der Waals surface area contributed by atoms with E-state index in [4.69, 9.17) is 9.47 Å². The van der Waals surface area contributed by atoms with Crippen LogP contribution in [0.5, 0.6) is 0 Å². The van der Waals surface area contributed by atoms with Gasteiger partial charge in [0.1, 0.15) is 0 Å². The van der Waals surface area contributed by atoms with Gasteiger partial charge in [0.25, 0.3) is 0 Å². The van der Waals surface area contributed by atoms with Crippen molar-refractivity contribution in [3.05, 3.63) is 35.4 Å². The smallest absolute Gasteiger partial charge is 0.373 e. The topological polar surface area (TPSA) is 18.5 Å². The van der Waals surface area contributed by atoms with Crippen LogP contribution in [-0.4, -0.2) is 11.2 Å². The third-order valence-corrected chi connectivity index (χ3v) is 2.24. The Hall–Kier alpha value is -0.263. The van der Waals surface area contributed by atoms with Gasteiger partial charge in [-0.1, -0.05) is 0 Å². The average molecular weight is 256 g/mol. The van der Waals surface area contributed by atoms with Crippen molar-refractivity contribution in [2.24, 2.45) is 0 Å². The van der Waals surface area contributed by atoms with Gasteiger partial charge in [-0.15, -0.1) is 11.1 Å². The molecule has 0 saturated carbocycles. The zero-order chi connectivity index (χ0) is 13.8. The van der Waals surface area contributed by atoms with Crippen LogP contribution in [0.2, 0.25) is 0 Å². The number of benzene rings is 1. The minimum absolute atomic E-state index is 0. The van der Waals surface area contributed by atoms with Gasteiger partial charge in [-0.2, -0.15) is 24.3 Å². The van der Waals surface area contributed by atoms with E-state index in [-0.39, 0.29) is 30.1 Å². The molecule has 0 heterocycles. The molecule has 0 amide bonds. The number of rotatable bonds is 4. The van der Waals surface area contributed by atoms with Gasteiger partial charge >= 0.3 is 18.9 Å². The molecule has 0 aliphatic rings. The minimum Gasteiger partial charge on any atom is -0.373 e. The molecule has 1 aromatic rings. The Balaban J connectivity index is 0.00000324. The summed E-state index contributed by atoms with van der Waals surface area (Å²) >= 11 is 0. The molecule has 19 heavy (non-hydrogen) atoms. The van der Waals surface area contributed by atoms with Crippen LogP contribution in [0.3, 0.4) is 0 Å². The monoisotopic (exact) mass is 256 g/mol. The van der Waals surface area contributed by atoms with Crippen LogP contribution in [0, 0.1) is 6.07 Å². The molecular formula is C16H25LiO2. The Labute approximate surface area is 130 Å². The molecule has 0 aliphatic heterocycles. The Kier molecular flexibility index (Phi) is 7.40. The predicted molar refractivity (Wildman–Crippen MR) is 74.4 cm³/mol. The molecule has 0 N–H and O–H groups in total. The van der Waals surface area contributed by atoms with E-state index in [1.807, 2.05) is 18.2 Å². The van der Waals surface area contributed by atoms with Crippen molar-refractivity contribution in [1.29, 1.82) is 0 Å². The molecule has 0 bridgehead atoms. The van der Waals surface area contributed by atoms with E-state index >= 15 is 0 Å². The van der Waals surface area contributed by atoms with E-state index in [1.165, 1.54) is 0 Å². The fourth-order valence-electron chi connectivity index (χ4n) is 1.33. The SMILES string of the molecule is CC(C)(C)OCc1[c-]c(COC(C)(C)C)ccc1.[Li+]. The van der Waals surface area contributed by atoms with Crippen LogP contribution in [0.1, 0.15) is 52.7 Å². The summed E-state index contributed by atoms with van der Waals surface area (Å²) in [5.41, 5.74) is 1.90. The standard InChI is InChI=1S/C16H25O2.Li/c1-15(2,3)17-11-13-8-7-9-14(10-13)12-18-16(4,5)6;/h7-9H,11-12H2,1-6H3;/q-1;+1. The summed E-state index contributed by atoms with van der Waals surface area (Å²) in [5.74, 6) is 0. The molecule has 0 radical (unpaired) electrons. The Morgan fingerprint density at radius 3 is 1.53 bits per heavy atom. The van der Waals surface area contributed by atoms with Gasteiger partial charge in [-0.05, 0) is 41.5 Å². The summed E-state index contributed by atoms with van der Waals surface area (Å²) in [6, 6.07) is 9.43. The first-order valence-electron chi connectivity index (χ1n) is 6.44. The van der Waals surface area contributed by atoms with E-state index in [1.54, 1.807) is 0 Å². The fourth-order valence-corrected chi connectivity index (χ4v) is 1.33. The van der Waals surface area contributed by atoms with Crippen molar-refractivity contribution < 1.29 is 28.3 Å². The first kappa shape index (κ1) is 18.7. The molecule has 0 atom stereocenters. The maximum absolute atomic E-state index is 5.74. The Morgan fingerprint density at radius 1 is 0.842 bits per heavy atom. The molecule has 0 spiro atoms. The minimum atomic E-state index is -0.119. The maximum Gasteiger partial charge on any atom is 1.00 e. The van der Waals surface area contributed by atoms with Crippen LogP contribution in [0.25, 0.3) is 0 Å². The van der Waals surface area contributed by atoms with Gasteiger partial charge in [0.2, 0.25) is 0 Å². The van der Waals surface area contributed by atoms with E-state index in [0.717, 1.165) is 11.1 Å². The number of ether oxygens (including phenoxy) is 2. The van der Waals surface area contributed by atoms with E-state index in [2.05, 4.69) is 47.6 Å². The van der Waals surface area contributed by atoms with Crippen molar-refractivity contribution >= 4 is 0 Å². The second-order valence-corrected chi connectivity index (χ2v) is 6.50. The van der Waals surface area contributed by atoms with Gasteiger partial charge in [0.15, 0.2) is 0 Å². The van der Waals surface area contributed by atoms with Crippen LogP contribution < -0.4 is 18.9 Å². The summed E-state index contributed by atoms with van der Waals surface area (Å²) in [4.78, 5) is 0. The van der Waals surface area contributed by atoms with Gasteiger partial charge < -0.3 is 9.47 Å². The second-order valence-electron chi connectivity index (χ2n) is 6.50. The van der Waals surface area contributed by atoms with Gasteiger partial charge in [-0.25, -0.2) is 0 Å². The van der Waals surface area contributed by atoms with E-state index in [9.17, 15) is 0 Å². The Morgan fingerprint density at radius 2 is 1.21 bits per heavy atom. The third kappa shape index (κ3) is 9.30. The molecule has 3 heteroatoms. The van der Waals surface area contributed by atoms with Gasteiger partial charge in [0.05, 0.1) is 11.2 Å². The van der Waals surface area contributed by atoms with Crippen molar-refractivity contribution in [1.82, 2.24) is 0 Å². The molecule has 1 rings (SSSR count). The quantitative estimate of drug-likeness (QED) is 0.594. The molecular weight excluding hydrogens is 231 g/mol. The maximum atomic E-state index is 5.74. The average Bonchev–Trinajstić information content (AvgIpc) is 2.22. The zero-order valence-corrected chi connectivity index (χ0v) is 13.5. The van der Waals surface area contributed by atoms with Crippen molar-refractivity contribution in [3.63, 3.8) is 0 Å². The van der Waals surface area contributed by atoms with Crippen molar-refractivity contribution in [3.8, 4) is 0 Å². The first-order chi connectivity index (χ1) is 8.16. The molecule has 0 saturated heterocycles. The Bertz CT molecular complexity index is 342. The van der Waals surface area contributed by atoms with Crippen LogP contribution in [-0.2, 0) is 22.7 Å². The van der Waals surface area contributed by atoms with E-state index in [0.29, 0.717) is 13.2 Å². The molecule has 1 aromatic carbocycles. The molecule has 0 fully saturated rings. The molecule has 2 nitrogen and oxygen atoms in total. The van der Waals surface area contributed by atoms with Gasteiger partial charge in [0, 0.05) is 13.2 Å². The summed E-state index contributed by atoms with van der Waals surface area (Å²) in [6.07, 6.45) is 0. The summed E-state index contributed by atoms with van der Waals surface area (Å²) in [6.45, 7) is 13.5. The first-order valence-corrected chi connectivity index (χ1v) is 6.44. The predicted octanol–water partition coefficient (Wildman–Crippen LogP) is 1.12. The van der Waals surface area contributed by atoms with Crippen LogP contribution in [0.15, 0.2) is 18.2 Å². The molecule has 0 aromatic heterocycles. The molecule has 102 valence electrons.